The van der Waals surface area contributed by atoms with E-state index in [0.717, 1.165) is 29.3 Å². The van der Waals surface area contributed by atoms with Crippen LogP contribution >= 0.6 is 35.0 Å². The molecule has 2 aromatic rings. The summed E-state index contributed by atoms with van der Waals surface area (Å²) in [6.07, 6.45) is 1.03. The van der Waals surface area contributed by atoms with E-state index in [-0.39, 0.29) is 0 Å². The quantitative estimate of drug-likeness (QED) is 0.710. The maximum atomic E-state index is 6.18. The number of hydrogen-bond acceptors (Lipinski definition) is 2. The highest BCUT2D eigenvalue weighted by atomic mass is 35.5. The van der Waals surface area contributed by atoms with Crippen LogP contribution in [0.1, 0.15) is 18.1 Å². The molecule has 1 unspecified atom stereocenters. The van der Waals surface area contributed by atoms with Crippen molar-refractivity contribution >= 4 is 35.0 Å². The van der Waals surface area contributed by atoms with Crippen LogP contribution in [0.2, 0.25) is 10.0 Å². The molecule has 2 N–H and O–H groups in total. The third-order valence-electron chi connectivity index (χ3n) is 3.32. The van der Waals surface area contributed by atoms with Crippen LogP contribution in [0.15, 0.2) is 47.4 Å². The predicted molar refractivity (Wildman–Crippen MR) is 94.4 cm³/mol. The van der Waals surface area contributed by atoms with E-state index in [1.807, 2.05) is 12.1 Å². The molecule has 0 heterocycles. The average Bonchev–Trinajstić information content (AvgIpc) is 2.48. The highest BCUT2D eigenvalue weighted by Gasteiger charge is 2.04. The Morgan fingerprint density at radius 3 is 2.43 bits per heavy atom. The molecule has 0 aliphatic heterocycles. The normalized spacial score (nSPS) is 12.4. The zero-order valence-electron chi connectivity index (χ0n) is 12.0. The fraction of sp³-hybridized carbons (Fsp3) is 0.294. The van der Waals surface area contributed by atoms with E-state index in [9.17, 15) is 0 Å². The molecule has 0 amide bonds. The minimum atomic E-state index is 0.524. The average molecular weight is 340 g/mol. The summed E-state index contributed by atoms with van der Waals surface area (Å²) in [5.74, 6) is 1.37. The lowest BCUT2D eigenvalue weighted by atomic mass is 10.0. The molecule has 0 spiro atoms. The number of thioether (sulfide) groups is 1. The molecule has 0 radical (unpaired) electrons. The van der Waals surface area contributed by atoms with Crippen molar-refractivity contribution in [2.45, 2.75) is 24.0 Å². The lowest BCUT2D eigenvalue weighted by molar-refractivity contribution is 0.593. The first-order valence-electron chi connectivity index (χ1n) is 6.94. The smallest absolute Gasteiger partial charge is 0.0461 e. The van der Waals surface area contributed by atoms with Gasteiger partial charge in [0, 0.05) is 20.7 Å². The van der Waals surface area contributed by atoms with Crippen LogP contribution in [0.25, 0.3) is 0 Å². The van der Waals surface area contributed by atoms with E-state index >= 15 is 0 Å². The van der Waals surface area contributed by atoms with Crippen LogP contribution in [0, 0.1) is 5.92 Å². The molecule has 2 aromatic carbocycles. The molecule has 1 nitrogen and oxygen atoms in total. The summed E-state index contributed by atoms with van der Waals surface area (Å²) in [4.78, 5) is 1.24. The van der Waals surface area contributed by atoms with Crippen molar-refractivity contribution in [2.75, 3.05) is 6.54 Å². The third-order valence-corrected chi connectivity index (χ3v) is 4.97. The van der Waals surface area contributed by atoms with Gasteiger partial charge >= 0.3 is 0 Å². The van der Waals surface area contributed by atoms with Gasteiger partial charge in [-0.3, -0.25) is 0 Å². The lowest BCUT2D eigenvalue weighted by Crippen LogP contribution is -2.12. The molecule has 0 bridgehead atoms. The minimum absolute atomic E-state index is 0.524. The maximum Gasteiger partial charge on any atom is 0.0461 e. The zero-order valence-corrected chi connectivity index (χ0v) is 14.3. The molecule has 0 fully saturated rings. The molecule has 1 atom stereocenters. The van der Waals surface area contributed by atoms with Crippen LogP contribution in [0.3, 0.4) is 0 Å². The van der Waals surface area contributed by atoms with E-state index in [1.54, 1.807) is 17.8 Å². The number of benzene rings is 2. The second-order valence-corrected chi connectivity index (χ2v) is 7.11. The van der Waals surface area contributed by atoms with Gasteiger partial charge in [-0.05, 0) is 54.3 Å². The summed E-state index contributed by atoms with van der Waals surface area (Å²) >= 11 is 13.9. The second-order valence-electron chi connectivity index (χ2n) is 5.21. The van der Waals surface area contributed by atoms with Crippen molar-refractivity contribution in [1.29, 1.82) is 0 Å². The molecule has 21 heavy (non-hydrogen) atoms. The number of halogens is 2. The number of rotatable bonds is 6. The zero-order chi connectivity index (χ0) is 15.2. The lowest BCUT2D eigenvalue weighted by Gasteiger charge is -2.09. The Labute approximate surface area is 140 Å². The third kappa shape index (κ3) is 5.23. The molecule has 4 heteroatoms. The molecule has 0 saturated carbocycles. The first-order chi connectivity index (χ1) is 10.1. The van der Waals surface area contributed by atoms with Crippen molar-refractivity contribution in [2.24, 2.45) is 11.7 Å². The Balaban J connectivity index is 1.94. The first-order valence-corrected chi connectivity index (χ1v) is 8.68. The fourth-order valence-electron chi connectivity index (χ4n) is 2.01. The molecule has 0 saturated heterocycles. The SMILES string of the molecule is CC(CN)Cc1ccc(SCc2ccc(Cl)cc2Cl)cc1. The molecule has 112 valence electrons. The van der Waals surface area contributed by atoms with Gasteiger partial charge in [0.15, 0.2) is 0 Å². The summed E-state index contributed by atoms with van der Waals surface area (Å²) in [5.41, 5.74) is 8.10. The van der Waals surface area contributed by atoms with Gasteiger partial charge in [-0.25, -0.2) is 0 Å². The summed E-state index contributed by atoms with van der Waals surface area (Å²) in [6, 6.07) is 14.3. The van der Waals surface area contributed by atoms with Gasteiger partial charge in [0.1, 0.15) is 0 Å². The maximum absolute atomic E-state index is 6.18. The van der Waals surface area contributed by atoms with Gasteiger partial charge < -0.3 is 5.73 Å². The van der Waals surface area contributed by atoms with Crippen molar-refractivity contribution in [3.63, 3.8) is 0 Å². The highest BCUT2D eigenvalue weighted by molar-refractivity contribution is 7.98. The molecule has 0 aliphatic rings. The van der Waals surface area contributed by atoms with Crippen LogP contribution in [0.4, 0.5) is 0 Å². The Morgan fingerprint density at radius 2 is 1.81 bits per heavy atom. The monoisotopic (exact) mass is 339 g/mol. The summed E-state index contributed by atoms with van der Waals surface area (Å²) in [6.45, 7) is 2.90. The minimum Gasteiger partial charge on any atom is -0.330 e. The molecule has 2 rings (SSSR count). The van der Waals surface area contributed by atoms with Gasteiger partial charge in [-0.2, -0.15) is 0 Å². The van der Waals surface area contributed by atoms with Crippen molar-refractivity contribution in [3.8, 4) is 0 Å². The van der Waals surface area contributed by atoms with Gasteiger partial charge in [0.2, 0.25) is 0 Å². The number of hydrogen-bond donors (Lipinski definition) is 1. The standard InChI is InChI=1S/C17H19Cl2NS/c1-12(10-20)8-13-2-6-16(7-3-13)21-11-14-4-5-15(18)9-17(14)19/h2-7,9,12H,8,10-11,20H2,1H3. The van der Waals surface area contributed by atoms with Crippen LogP contribution in [-0.2, 0) is 12.2 Å². The summed E-state index contributed by atoms with van der Waals surface area (Å²) in [5, 5.41) is 1.40. The Kier molecular flexibility index (Phi) is 6.43. The largest absolute Gasteiger partial charge is 0.330 e. The van der Waals surface area contributed by atoms with Crippen molar-refractivity contribution in [1.82, 2.24) is 0 Å². The van der Waals surface area contributed by atoms with Gasteiger partial charge in [-0.15, -0.1) is 11.8 Å². The van der Waals surface area contributed by atoms with Crippen molar-refractivity contribution in [3.05, 3.63) is 63.6 Å². The summed E-state index contributed by atoms with van der Waals surface area (Å²) in [7, 11) is 0. The van der Waals surface area contributed by atoms with Crippen LogP contribution in [0.5, 0.6) is 0 Å². The van der Waals surface area contributed by atoms with E-state index in [1.165, 1.54) is 10.5 Å². The predicted octanol–water partition coefficient (Wildman–Crippen LogP) is 5.42. The Morgan fingerprint density at radius 1 is 1.10 bits per heavy atom. The topological polar surface area (TPSA) is 26.0 Å². The van der Waals surface area contributed by atoms with Crippen molar-refractivity contribution < 1.29 is 0 Å². The van der Waals surface area contributed by atoms with Gasteiger partial charge in [0.05, 0.1) is 0 Å². The van der Waals surface area contributed by atoms with Crippen LogP contribution < -0.4 is 5.73 Å². The highest BCUT2D eigenvalue weighted by Crippen LogP contribution is 2.28. The Hall–Kier alpha value is -0.670. The van der Waals surface area contributed by atoms with E-state index in [2.05, 4.69) is 31.2 Å². The van der Waals surface area contributed by atoms with E-state index in [0.29, 0.717) is 10.9 Å². The van der Waals surface area contributed by atoms with Gasteiger partial charge in [-0.1, -0.05) is 48.3 Å². The fourth-order valence-corrected chi connectivity index (χ4v) is 3.46. The van der Waals surface area contributed by atoms with E-state index < -0.39 is 0 Å². The molecule has 0 aliphatic carbocycles. The molecular formula is C17H19Cl2NS. The van der Waals surface area contributed by atoms with Crippen LogP contribution in [-0.4, -0.2) is 6.54 Å². The van der Waals surface area contributed by atoms with E-state index in [4.69, 9.17) is 28.9 Å². The number of nitrogens with two attached hydrogens (primary N) is 1. The Bertz CT molecular complexity index is 584. The summed E-state index contributed by atoms with van der Waals surface area (Å²) < 4.78 is 0. The van der Waals surface area contributed by atoms with Gasteiger partial charge in [0.25, 0.3) is 0 Å². The first kappa shape index (κ1) is 16.7. The molecular weight excluding hydrogens is 321 g/mol. The molecule has 0 aromatic heterocycles. The second kappa shape index (κ2) is 8.09.